The first kappa shape index (κ1) is 14.6. The molecule has 1 aromatic rings. The summed E-state index contributed by atoms with van der Waals surface area (Å²) in [5.74, 6) is 1.39. The summed E-state index contributed by atoms with van der Waals surface area (Å²) in [6.45, 7) is 7.11. The minimum absolute atomic E-state index is 0.519. The minimum Gasteiger partial charge on any atom is -0.476 e. The topological polar surface area (TPSA) is 60.6 Å². The van der Waals surface area contributed by atoms with Crippen molar-refractivity contribution in [1.82, 2.24) is 4.98 Å². The van der Waals surface area contributed by atoms with Crippen molar-refractivity contribution in [2.24, 2.45) is 0 Å². The normalized spacial score (nSPS) is 10.4. The van der Waals surface area contributed by atoms with Crippen LogP contribution in [0.3, 0.4) is 0 Å². The van der Waals surface area contributed by atoms with Crippen LogP contribution in [0.2, 0.25) is 0 Å². The number of nitrogens with two attached hydrogens (primary N) is 1. The first-order valence-corrected chi connectivity index (χ1v) is 6.36. The molecule has 0 aliphatic rings. The molecule has 0 radical (unpaired) electrons. The second-order valence-electron chi connectivity index (χ2n) is 3.98. The highest BCUT2D eigenvalue weighted by atomic mass is 16.5. The van der Waals surface area contributed by atoms with Gasteiger partial charge in [-0.05, 0) is 25.5 Å². The molecule has 0 spiro atoms. The van der Waals surface area contributed by atoms with Gasteiger partial charge in [0.25, 0.3) is 0 Å². The largest absolute Gasteiger partial charge is 0.476 e. The van der Waals surface area contributed by atoms with E-state index in [0.29, 0.717) is 24.8 Å². The Labute approximate surface area is 109 Å². The molecule has 0 unspecified atom stereocenters. The molecule has 5 nitrogen and oxygen atoms in total. The van der Waals surface area contributed by atoms with Crippen molar-refractivity contribution in [1.29, 1.82) is 0 Å². The number of anilines is 2. The Morgan fingerprint density at radius 1 is 1.28 bits per heavy atom. The van der Waals surface area contributed by atoms with E-state index in [-0.39, 0.29) is 0 Å². The van der Waals surface area contributed by atoms with Crippen LogP contribution in [0.15, 0.2) is 12.1 Å². The molecule has 0 saturated carbocycles. The highest BCUT2D eigenvalue weighted by Crippen LogP contribution is 2.23. The van der Waals surface area contributed by atoms with E-state index in [4.69, 9.17) is 15.2 Å². The van der Waals surface area contributed by atoms with E-state index in [2.05, 4.69) is 23.7 Å². The second-order valence-corrected chi connectivity index (χ2v) is 3.98. The van der Waals surface area contributed by atoms with Gasteiger partial charge in [-0.15, -0.1) is 0 Å². The van der Waals surface area contributed by atoms with Crippen molar-refractivity contribution in [2.75, 3.05) is 44.0 Å². The van der Waals surface area contributed by atoms with E-state index in [9.17, 15) is 0 Å². The molecule has 0 aliphatic heterocycles. The van der Waals surface area contributed by atoms with Crippen LogP contribution in [-0.2, 0) is 4.74 Å². The lowest BCUT2D eigenvalue weighted by Crippen LogP contribution is -2.27. The van der Waals surface area contributed by atoms with Gasteiger partial charge in [0.05, 0.1) is 18.9 Å². The minimum atomic E-state index is 0.519. The summed E-state index contributed by atoms with van der Waals surface area (Å²) in [6, 6.07) is 3.75. The maximum Gasteiger partial charge on any atom is 0.239 e. The van der Waals surface area contributed by atoms with Crippen molar-refractivity contribution in [2.45, 2.75) is 20.3 Å². The van der Waals surface area contributed by atoms with E-state index < -0.39 is 0 Å². The van der Waals surface area contributed by atoms with Gasteiger partial charge in [0, 0.05) is 20.2 Å². The monoisotopic (exact) mass is 253 g/mol. The third kappa shape index (κ3) is 4.07. The quantitative estimate of drug-likeness (QED) is 0.767. The zero-order valence-corrected chi connectivity index (χ0v) is 11.5. The van der Waals surface area contributed by atoms with Crippen LogP contribution >= 0.6 is 0 Å². The maximum atomic E-state index is 5.84. The summed E-state index contributed by atoms with van der Waals surface area (Å²) in [5, 5.41) is 0. The third-order valence-electron chi connectivity index (χ3n) is 2.59. The molecule has 2 N–H and O–H groups in total. The summed E-state index contributed by atoms with van der Waals surface area (Å²) in [6.07, 6.45) is 0.937. The van der Waals surface area contributed by atoms with Gasteiger partial charge in [-0.3, -0.25) is 0 Å². The average molecular weight is 253 g/mol. The molecule has 0 amide bonds. The van der Waals surface area contributed by atoms with Crippen LogP contribution in [0, 0.1) is 0 Å². The Balaban J connectivity index is 2.80. The fraction of sp³-hybridized carbons (Fsp3) is 0.615. The van der Waals surface area contributed by atoms with Crippen molar-refractivity contribution in [3.05, 3.63) is 12.1 Å². The number of nitrogens with zero attached hydrogens (tertiary/aromatic N) is 2. The van der Waals surface area contributed by atoms with E-state index in [1.165, 1.54) is 0 Å². The highest BCUT2D eigenvalue weighted by Gasteiger charge is 2.09. The van der Waals surface area contributed by atoms with Crippen LogP contribution in [0.25, 0.3) is 0 Å². The van der Waals surface area contributed by atoms with Gasteiger partial charge in [0.1, 0.15) is 5.82 Å². The van der Waals surface area contributed by atoms with Gasteiger partial charge < -0.3 is 20.1 Å². The van der Waals surface area contributed by atoms with Gasteiger partial charge in [-0.25, -0.2) is 0 Å². The molecule has 102 valence electrons. The summed E-state index contributed by atoms with van der Waals surface area (Å²) in [7, 11) is 1.69. The lowest BCUT2D eigenvalue weighted by molar-refractivity contribution is 0.205. The summed E-state index contributed by atoms with van der Waals surface area (Å²) in [4.78, 5) is 6.58. The first-order valence-electron chi connectivity index (χ1n) is 6.36. The van der Waals surface area contributed by atoms with E-state index in [1.54, 1.807) is 7.11 Å². The highest BCUT2D eigenvalue weighted by molar-refractivity contribution is 5.54. The molecule has 0 atom stereocenters. The zero-order chi connectivity index (χ0) is 13.4. The number of rotatable bonds is 8. The molecule has 0 bridgehead atoms. The number of likely N-dealkylation sites (N-methyl/N-ethyl adjacent to an activating group) is 1. The number of nitrogen functional groups attached to an aromatic ring is 1. The molecule has 0 fully saturated rings. The number of methoxy groups -OCH3 is 1. The molecule has 1 aromatic heterocycles. The number of aromatic nitrogens is 1. The Bertz CT molecular complexity index is 358. The van der Waals surface area contributed by atoms with Gasteiger partial charge in [0.2, 0.25) is 5.88 Å². The Kier molecular flexibility index (Phi) is 6.28. The standard InChI is InChI=1S/C13H23N3O2/c1-4-9-18-13-11(14)6-7-12(15-13)16(5-2)8-10-17-3/h6-7H,4-5,8-10,14H2,1-3H3. The molecule has 0 saturated heterocycles. The molecule has 0 aliphatic carbocycles. The summed E-state index contributed by atoms with van der Waals surface area (Å²) >= 11 is 0. The number of pyridine rings is 1. The van der Waals surface area contributed by atoms with E-state index >= 15 is 0 Å². The van der Waals surface area contributed by atoms with Gasteiger partial charge in [-0.1, -0.05) is 6.92 Å². The SMILES string of the molecule is CCCOc1nc(N(CC)CCOC)ccc1N. The van der Waals surface area contributed by atoms with Gasteiger partial charge in [-0.2, -0.15) is 4.98 Å². The number of hydrogen-bond donors (Lipinski definition) is 1. The average Bonchev–Trinajstić information content (AvgIpc) is 2.39. The molecule has 5 heteroatoms. The predicted octanol–water partition coefficient (Wildman–Crippen LogP) is 1.93. The molecule has 1 rings (SSSR count). The molecular formula is C13H23N3O2. The smallest absolute Gasteiger partial charge is 0.239 e. The predicted molar refractivity (Wildman–Crippen MR) is 74.2 cm³/mol. The van der Waals surface area contributed by atoms with E-state index in [0.717, 1.165) is 25.3 Å². The summed E-state index contributed by atoms with van der Waals surface area (Å²) in [5.41, 5.74) is 6.42. The number of hydrogen-bond acceptors (Lipinski definition) is 5. The zero-order valence-electron chi connectivity index (χ0n) is 11.5. The third-order valence-corrected chi connectivity index (χ3v) is 2.59. The second kappa shape index (κ2) is 7.76. The fourth-order valence-corrected chi connectivity index (χ4v) is 1.57. The van der Waals surface area contributed by atoms with Gasteiger partial charge in [0.15, 0.2) is 0 Å². The van der Waals surface area contributed by atoms with Crippen LogP contribution in [0.5, 0.6) is 5.88 Å². The number of ether oxygens (including phenoxy) is 2. The van der Waals surface area contributed by atoms with Crippen LogP contribution < -0.4 is 15.4 Å². The summed E-state index contributed by atoms with van der Waals surface area (Å²) < 4.78 is 10.6. The fourth-order valence-electron chi connectivity index (χ4n) is 1.57. The van der Waals surface area contributed by atoms with Crippen molar-refractivity contribution in [3.63, 3.8) is 0 Å². The van der Waals surface area contributed by atoms with Crippen LogP contribution in [0.4, 0.5) is 11.5 Å². The molecular weight excluding hydrogens is 230 g/mol. The van der Waals surface area contributed by atoms with Gasteiger partial charge >= 0.3 is 0 Å². The van der Waals surface area contributed by atoms with Crippen LogP contribution in [0.1, 0.15) is 20.3 Å². The maximum absolute atomic E-state index is 5.84. The lowest BCUT2D eigenvalue weighted by atomic mass is 10.3. The van der Waals surface area contributed by atoms with Crippen molar-refractivity contribution in [3.8, 4) is 5.88 Å². The molecule has 18 heavy (non-hydrogen) atoms. The Morgan fingerprint density at radius 2 is 2.06 bits per heavy atom. The van der Waals surface area contributed by atoms with E-state index in [1.807, 2.05) is 12.1 Å². The van der Waals surface area contributed by atoms with Crippen molar-refractivity contribution < 1.29 is 9.47 Å². The Morgan fingerprint density at radius 3 is 2.67 bits per heavy atom. The first-order chi connectivity index (χ1) is 8.72. The molecule has 0 aromatic carbocycles. The lowest BCUT2D eigenvalue weighted by Gasteiger charge is -2.22. The van der Waals surface area contributed by atoms with Crippen molar-refractivity contribution >= 4 is 11.5 Å². The Hall–Kier alpha value is -1.49. The molecule has 1 heterocycles. The van der Waals surface area contributed by atoms with Crippen LogP contribution in [-0.4, -0.2) is 38.4 Å².